The lowest BCUT2D eigenvalue weighted by Crippen LogP contribution is -2.44. The number of hydrogen-bond donors (Lipinski definition) is 3. The minimum Gasteiger partial charge on any atom is -0.463 e. The molecule has 0 spiro atoms. The Labute approximate surface area is 171 Å². The van der Waals surface area contributed by atoms with Crippen LogP contribution < -0.4 is 16.0 Å². The standard InChI is InChI=1S/C18H21N5O3S2/c1-4-26-15(24)12-8-19-16(25)20-14(12)9-27-18-23-22-17(28-18)21-13-7-5-6-10(2)11(13)3/h5-7H,4,8-9H2,1-3H3,(H,21,22)(H2,19,20,25). The maximum absolute atomic E-state index is 12.1. The summed E-state index contributed by atoms with van der Waals surface area (Å²) < 4.78 is 5.79. The second-order valence-electron chi connectivity index (χ2n) is 6.02. The number of esters is 1. The van der Waals surface area contributed by atoms with Gasteiger partial charge in [-0.3, -0.25) is 0 Å². The first-order chi connectivity index (χ1) is 13.5. The number of hydrogen-bond acceptors (Lipinski definition) is 8. The third-order valence-electron chi connectivity index (χ3n) is 4.17. The van der Waals surface area contributed by atoms with Crippen LogP contribution in [0, 0.1) is 13.8 Å². The molecular weight excluding hydrogens is 398 g/mol. The van der Waals surface area contributed by atoms with Gasteiger partial charge in [0.05, 0.1) is 18.7 Å². The predicted octanol–water partition coefficient (Wildman–Crippen LogP) is 3.12. The van der Waals surface area contributed by atoms with E-state index < -0.39 is 5.97 Å². The topological polar surface area (TPSA) is 105 Å². The molecule has 3 N–H and O–H groups in total. The number of benzene rings is 1. The molecule has 2 heterocycles. The van der Waals surface area contributed by atoms with Crippen molar-refractivity contribution in [3.63, 3.8) is 0 Å². The molecule has 1 aromatic carbocycles. The van der Waals surface area contributed by atoms with E-state index >= 15 is 0 Å². The second kappa shape index (κ2) is 9.07. The number of urea groups is 1. The summed E-state index contributed by atoms with van der Waals surface area (Å²) in [6.45, 7) is 6.28. The Hall–Kier alpha value is -2.59. The zero-order valence-corrected chi connectivity index (χ0v) is 17.4. The molecule has 0 atom stereocenters. The molecule has 0 bridgehead atoms. The SMILES string of the molecule is CCOC(=O)C1=C(CSc2nnc(Nc3cccc(C)c3C)s2)NC(=O)NC1. The number of carbonyl (C=O) groups is 2. The lowest BCUT2D eigenvalue weighted by molar-refractivity contribution is -0.138. The van der Waals surface area contributed by atoms with Crippen LogP contribution in [0.3, 0.4) is 0 Å². The molecule has 0 fully saturated rings. The molecule has 1 aliphatic heterocycles. The summed E-state index contributed by atoms with van der Waals surface area (Å²) >= 11 is 2.82. The number of anilines is 2. The van der Waals surface area contributed by atoms with Gasteiger partial charge < -0.3 is 20.7 Å². The van der Waals surface area contributed by atoms with Crippen LogP contribution in [0.25, 0.3) is 0 Å². The highest BCUT2D eigenvalue weighted by Gasteiger charge is 2.24. The van der Waals surface area contributed by atoms with E-state index in [1.54, 1.807) is 6.92 Å². The van der Waals surface area contributed by atoms with E-state index in [1.807, 2.05) is 12.1 Å². The largest absolute Gasteiger partial charge is 0.463 e. The van der Waals surface area contributed by atoms with Gasteiger partial charge in [-0.1, -0.05) is 35.2 Å². The first-order valence-electron chi connectivity index (χ1n) is 8.71. The minimum atomic E-state index is -0.430. The zero-order chi connectivity index (χ0) is 20.1. The molecule has 1 aromatic heterocycles. The quantitative estimate of drug-likeness (QED) is 0.468. The zero-order valence-electron chi connectivity index (χ0n) is 15.8. The molecule has 0 aliphatic carbocycles. The first kappa shape index (κ1) is 20.2. The Morgan fingerprint density at radius 1 is 1.36 bits per heavy atom. The van der Waals surface area contributed by atoms with Crippen LogP contribution in [0.4, 0.5) is 15.6 Å². The van der Waals surface area contributed by atoms with E-state index in [9.17, 15) is 9.59 Å². The maximum atomic E-state index is 12.1. The first-order valence-corrected chi connectivity index (χ1v) is 10.5. The number of aromatic nitrogens is 2. The Balaban J connectivity index is 1.68. The van der Waals surface area contributed by atoms with Crippen molar-refractivity contribution in [3.05, 3.63) is 40.6 Å². The van der Waals surface area contributed by atoms with Crippen LogP contribution in [0.5, 0.6) is 0 Å². The number of nitrogens with zero attached hydrogens (tertiary/aromatic N) is 2. The van der Waals surface area contributed by atoms with Crippen LogP contribution in [-0.4, -0.2) is 41.1 Å². The molecule has 10 heteroatoms. The van der Waals surface area contributed by atoms with Gasteiger partial charge in [0.25, 0.3) is 0 Å². The van der Waals surface area contributed by atoms with E-state index in [0.717, 1.165) is 15.6 Å². The van der Waals surface area contributed by atoms with Gasteiger partial charge >= 0.3 is 12.0 Å². The number of amides is 2. The Kier molecular flexibility index (Phi) is 6.53. The summed E-state index contributed by atoms with van der Waals surface area (Å²) in [5.41, 5.74) is 4.31. The number of aryl methyl sites for hydroxylation is 1. The molecule has 2 amide bonds. The molecule has 0 saturated carbocycles. The van der Waals surface area contributed by atoms with Gasteiger partial charge in [-0.15, -0.1) is 10.2 Å². The molecule has 0 unspecified atom stereocenters. The van der Waals surface area contributed by atoms with E-state index in [-0.39, 0.29) is 19.2 Å². The van der Waals surface area contributed by atoms with Crippen molar-refractivity contribution in [2.75, 3.05) is 24.2 Å². The maximum Gasteiger partial charge on any atom is 0.337 e. The lowest BCUT2D eigenvalue weighted by atomic mass is 10.1. The van der Waals surface area contributed by atoms with Crippen molar-refractivity contribution in [1.82, 2.24) is 20.8 Å². The van der Waals surface area contributed by atoms with Crippen molar-refractivity contribution in [1.29, 1.82) is 0 Å². The van der Waals surface area contributed by atoms with Crippen molar-refractivity contribution in [2.24, 2.45) is 0 Å². The van der Waals surface area contributed by atoms with Gasteiger partial charge in [0.15, 0.2) is 4.34 Å². The third-order valence-corrected chi connectivity index (χ3v) is 6.17. The Morgan fingerprint density at radius 3 is 2.96 bits per heavy atom. The third kappa shape index (κ3) is 4.82. The van der Waals surface area contributed by atoms with E-state index in [4.69, 9.17) is 4.74 Å². The van der Waals surface area contributed by atoms with Crippen molar-refractivity contribution >= 4 is 45.9 Å². The average Bonchev–Trinajstić information content (AvgIpc) is 3.11. The summed E-state index contributed by atoms with van der Waals surface area (Å²) in [6, 6.07) is 5.71. The monoisotopic (exact) mass is 419 g/mol. The van der Waals surface area contributed by atoms with Gasteiger partial charge in [0.2, 0.25) is 5.13 Å². The molecule has 148 valence electrons. The van der Waals surface area contributed by atoms with Crippen molar-refractivity contribution in [2.45, 2.75) is 25.1 Å². The van der Waals surface area contributed by atoms with Gasteiger partial charge in [-0.25, -0.2) is 9.59 Å². The Morgan fingerprint density at radius 2 is 2.18 bits per heavy atom. The number of nitrogens with one attached hydrogen (secondary N) is 3. The summed E-state index contributed by atoms with van der Waals surface area (Å²) in [7, 11) is 0. The molecule has 3 rings (SSSR count). The van der Waals surface area contributed by atoms with E-state index in [1.165, 1.54) is 28.7 Å². The van der Waals surface area contributed by atoms with E-state index in [2.05, 4.69) is 46.1 Å². The fraction of sp³-hybridized carbons (Fsp3) is 0.333. The number of ether oxygens (including phenoxy) is 1. The fourth-order valence-corrected chi connectivity index (χ4v) is 4.27. The van der Waals surface area contributed by atoms with Crippen LogP contribution in [-0.2, 0) is 9.53 Å². The molecule has 0 saturated heterocycles. The van der Waals surface area contributed by atoms with Gasteiger partial charge in [-0.05, 0) is 38.0 Å². The highest BCUT2D eigenvalue weighted by Crippen LogP contribution is 2.30. The van der Waals surface area contributed by atoms with Crippen LogP contribution in [0.2, 0.25) is 0 Å². The van der Waals surface area contributed by atoms with Crippen LogP contribution >= 0.6 is 23.1 Å². The minimum absolute atomic E-state index is 0.149. The summed E-state index contributed by atoms with van der Waals surface area (Å²) in [5.74, 6) is -0.0419. The smallest absolute Gasteiger partial charge is 0.337 e. The average molecular weight is 420 g/mol. The lowest BCUT2D eigenvalue weighted by Gasteiger charge is -2.20. The molecule has 28 heavy (non-hydrogen) atoms. The number of rotatable bonds is 7. The predicted molar refractivity (Wildman–Crippen MR) is 110 cm³/mol. The summed E-state index contributed by atoms with van der Waals surface area (Å²) in [6.07, 6.45) is 0. The van der Waals surface area contributed by atoms with Gasteiger partial charge in [-0.2, -0.15) is 0 Å². The number of carbonyl (C=O) groups excluding carboxylic acids is 2. The molecular formula is C18H21N5O3S2. The van der Waals surface area contributed by atoms with Gasteiger partial charge in [0.1, 0.15) is 0 Å². The van der Waals surface area contributed by atoms with Crippen LogP contribution in [0.15, 0.2) is 33.8 Å². The molecule has 2 aromatic rings. The normalized spacial score (nSPS) is 13.8. The van der Waals surface area contributed by atoms with Gasteiger partial charge in [0, 0.05) is 17.1 Å². The molecule has 1 aliphatic rings. The van der Waals surface area contributed by atoms with Crippen LogP contribution in [0.1, 0.15) is 18.1 Å². The number of thioether (sulfide) groups is 1. The summed E-state index contributed by atoms with van der Waals surface area (Å²) in [5, 5.41) is 17.6. The van der Waals surface area contributed by atoms with Crippen molar-refractivity contribution < 1.29 is 14.3 Å². The van der Waals surface area contributed by atoms with Crippen molar-refractivity contribution in [3.8, 4) is 0 Å². The molecule has 0 radical (unpaired) electrons. The highest BCUT2D eigenvalue weighted by molar-refractivity contribution is 8.01. The molecule has 8 nitrogen and oxygen atoms in total. The second-order valence-corrected chi connectivity index (χ2v) is 8.22. The Bertz CT molecular complexity index is 926. The fourth-order valence-electron chi connectivity index (χ4n) is 2.52. The van der Waals surface area contributed by atoms with E-state index in [0.29, 0.717) is 22.2 Å². The summed E-state index contributed by atoms with van der Waals surface area (Å²) in [4.78, 5) is 23.7. The highest BCUT2D eigenvalue weighted by atomic mass is 32.2.